The Kier molecular flexibility index (Phi) is 9.50. The van der Waals surface area contributed by atoms with Gasteiger partial charge in [-0.1, -0.05) is 60.7 Å². The molecule has 0 saturated heterocycles. The summed E-state index contributed by atoms with van der Waals surface area (Å²) >= 11 is 0. The zero-order valence-electron chi connectivity index (χ0n) is 20.8. The first kappa shape index (κ1) is 25.4. The minimum absolute atomic E-state index is 0.108. The molecule has 1 N–H and O–H groups in total. The quantitative estimate of drug-likeness (QED) is 0.223. The molecule has 0 spiro atoms. The molecule has 0 aliphatic carbocycles. The largest absolute Gasteiger partial charge is 0.494 e. The molecule has 4 aromatic carbocycles. The van der Waals surface area contributed by atoms with Gasteiger partial charge in [-0.2, -0.15) is 5.26 Å². The van der Waals surface area contributed by atoms with Crippen LogP contribution in [-0.2, 0) is 19.5 Å². The second-order valence-electron chi connectivity index (χ2n) is 9.23. The summed E-state index contributed by atoms with van der Waals surface area (Å²) < 4.78 is 6.02. The Morgan fingerprint density at radius 3 is 2.22 bits per heavy atom. The minimum Gasteiger partial charge on any atom is -0.494 e. The highest BCUT2D eigenvalue weighted by Crippen LogP contribution is 2.23. The van der Waals surface area contributed by atoms with Crippen LogP contribution in [-0.4, -0.2) is 29.8 Å². The fourth-order valence-corrected chi connectivity index (χ4v) is 4.46. The zero-order valence-corrected chi connectivity index (χ0v) is 20.8. The first-order valence-corrected chi connectivity index (χ1v) is 12.8. The number of hydrogen-bond acceptors (Lipinski definition) is 4. The third-order valence-electron chi connectivity index (χ3n) is 6.41. The fourth-order valence-electron chi connectivity index (χ4n) is 4.46. The molecular formula is C32H34N2O2. The van der Waals surface area contributed by atoms with E-state index < -0.39 is 0 Å². The van der Waals surface area contributed by atoms with E-state index in [9.17, 15) is 5.11 Å². The van der Waals surface area contributed by atoms with Gasteiger partial charge < -0.3 is 9.84 Å². The van der Waals surface area contributed by atoms with Crippen molar-refractivity contribution >= 4 is 10.8 Å². The lowest BCUT2D eigenvalue weighted by Crippen LogP contribution is -2.26. The summed E-state index contributed by atoms with van der Waals surface area (Å²) in [7, 11) is 0. The summed E-state index contributed by atoms with van der Waals surface area (Å²) in [5, 5.41) is 20.9. The molecule has 4 aromatic rings. The number of unbranched alkanes of at least 4 members (excludes halogenated alkanes) is 2. The molecule has 0 saturated carbocycles. The van der Waals surface area contributed by atoms with E-state index in [0.29, 0.717) is 12.1 Å². The summed E-state index contributed by atoms with van der Waals surface area (Å²) in [6.07, 6.45) is 4.54. The van der Waals surface area contributed by atoms with Crippen molar-refractivity contribution < 1.29 is 9.84 Å². The standard InChI is InChI=1S/C32H34N2O2/c33-23-27-10-12-28(13-11-27)24-34(18-19-35)25-29-14-15-31-22-32(17-16-30(31)21-29)36-20-6-2-5-9-26-7-3-1-4-8-26/h1,3-4,7-8,10-17,21-22,35H,2,5-6,9,18-20,24-25H2. The van der Waals surface area contributed by atoms with Crippen molar-refractivity contribution in [1.82, 2.24) is 4.90 Å². The van der Waals surface area contributed by atoms with Crippen molar-refractivity contribution in [1.29, 1.82) is 5.26 Å². The molecule has 0 fully saturated rings. The number of nitrogens with zero attached hydrogens (tertiary/aromatic N) is 2. The third-order valence-corrected chi connectivity index (χ3v) is 6.41. The van der Waals surface area contributed by atoms with Gasteiger partial charge >= 0.3 is 0 Å². The summed E-state index contributed by atoms with van der Waals surface area (Å²) in [6.45, 7) is 2.91. The van der Waals surface area contributed by atoms with E-state index in [0.717, 1.165) is 43.9 Å². The molecule has 0 bridgehead atoms. The Bertz CT molecular complexity index is 1260. The van der Waals surface area contributed by atoms with Crippen LogP contribution < -0.4 is 4.74 Å². The highest BCUT2D eigenvalue weighted by Gasteiger charge is 2.08. The van der Waals surface area contributed by atoms with Crippen molar-refractivity contribution in [2.75, 3.05) is 19.8 Å². The maximum atomic E-state index is 9.55. The number of ether oxygens (including phenoxy) is 1. The fraction of sp³-hybridized carbons (Fsp3) is 0.281. The van der Waals surface area contributed by atoms with Crippen LogP contribution in [0.25, 0.3) is 10.8 Å². The van der Waals surface area contributed by atoms with Gasteiger partial charge in [-0.25, -0.2) is 0 Å². The molecular weight excluding hydrogens is 444 g/mol. The molecule has 4 heteroatoms. The molecule has 0 amide bonds. The summed E-state index contributed by atoms with van der Waals surface area (Å²) in [6, 6.07) is 33.3. The average Bonchev–Trinajstić information content (AvgIpc) is 2.92. The maximum Gasteiger partial charge on any atom is 0.119 e. The van der Waals surface area contributed by atoms with E-state index in [4.69, 9.17) is 10.00 Å². The first-order chi connectivity index (χ1) is 17.7. The van der Waals surface area contributed by atoms with Crippen molar-refractivity contribution in [3.8, 4) is 11.8 Å². The van der Waals surface area contributed by atoms with Gasteiger partial charge in [0.2, 0.25) is 0 Å². The van der Waals surface area contributed by atoms with E-state index in [2.05, 4.69) is 77.7 Å². The minimum atomic E-state index is 0.108. The number of benzene rings is 4. The van der Waals surface area contributed by atoms with Gasteiger partial charge in [0.1, 0.15) is 5.75 Å². The van der Waals surface area contributed by atoms with Crippen molar-refractivity contribution in [3.05, 3.63) is 113 Å². The van der Waals surface area contributed by atoms with Crippen molar-refractivity contribution in [2.45, 2.75) is 38.8 Å². The highest BCUT2D eigenvalue weighted by molar-refractivity contribution is 5.84. The Balaban J connectivity index is 1.28. The normalized spacial score (nSPS) is 11.0. The molecule has 0 aromatic heterocycles. The topological polar surface area (TPSA) is 56.5 Å². The Morgan fingerprint density at radius 2 is 1.44 bits per heavy atom. The van der Waals surface area contributed by atoms with Gasteiger partial charge in [-0.05, 0) is 83.5 Å². The molecule has 0 aliphatic heterocycles. The van der Waals surface area contributed by atoms with Crippen LogP contribution in [0.15, 0.2) is 91.0 Å². The lowest BCUT2D eigenvalue weighted by Gasteiger charge is -2.22. The SMILES string of the molecule is N#Cc1ccc(CN(CCO)Cc2ccc3cc(OCCCCCc4ccccc4)ccc3c2)cc1. The van der Waals surface area contributed by atoms with Gasteiger partial charge in [0.25, 0.3) is 0 Å². The smallest absolute Gasteiger partial charge is 0.119 e. The molecule has 4 nitrogen and oxygen atoms in total. The average molecular weight is 479 g/mol. The second-order valence-corrected chi connectivity index (χ2v) is 9.23. The number of aryl methyl sites for hydroxylation is 1. The van der Waals surface area contributed by atoms with Crippen LogP contribution in [0.5, 0.6) is 5.75 Å². The predicted molar refractivity (Wildman–Crippen MR) is 146 cm³/mol. The van der Waals surface area contributed by atoms with Crippen LogP contribution >= 0.6 is 0 Å². The molecule has 184 valence electrons. The van der Waals surface area contributed by atoms with Gasteiger partial charge in [0, 0.05) is 19.6 Å². The van der Waals surface area contributed by atoms with Crippen LogP contribution in [0.4, 0.5) is 0 Å². The van der Waals surface area contributed by atoms with Crippen LogP contribution in [0.1, 0.15) is 41.5 Å². The lowest BCUT2D eigenvalue weighted by atomic mass is 10.1. The zero-order chi connectivity index (χ0) is 25.0. The second kappa shape index (κ2) is 13.4. The number of fused-ring (bicyclic) bond motifs is 1. The van der Waals surface area contributed by atoms with Crippen molar-refractivity contribution in [3.63, 3.8) is 0 Å². The maximum absolute atomic E-state index is 9.55. The summed E-state index contributed by atoms with van der Waals surface area (Å²) in [5.74, 6) is 0.918. The molecule has 0 atom stereocenters. The van der Waals surface area contributed by atoms with E-state index in [1.54, 1.807) is 0 Å². The van der Waals surface area contributed by atoms with Gasteiger partial charge in [0.15, 0.2) is 0 Å². The Labute approximate surface area is 214 Å². The van der Waals surface area contributed by atoms with Gasteiger partial charge in [-0.15, -0.1) is 0 Å². The van der Waals surface area contributed by atoms with E-state index in [1.807, 2.05) is 24.3 Å². The molecule has 0 radical (unpaired) electrons. The van der Waals surface area contributed by atoms with Crippen LogP contribution in [0.3, 0.4) is 0 Å². The molecule has 36 heavy (non-hydrogen) atoms. The van der Waals surface area contributed by atoms with Crippen LogP contribution in [0.2, 0.25) is 0 Å². The molecule has 0 unspecified atom stereocenters. The van der Waals surface area contributed by atoms with Gasteiger partial charge in [0.05, 0.1) is 24.8 Å². The van der Waals surface area contributed by atoms with Crippen molar-refractivity contribution in [2.24, 2.45) is 0 Å². The number of aliphatic hydroxyl groups is 1. The lowest BCUT2D eigenvalue weighted by molar-refractivity contribution is 0.184. The van der Waals surface area contributed by atoms with E-state index in [-0.39, 0.29) is 6.61 Å². The first-order valence-electron chi connectivity index (χ1n) is 12.8. The summed E-state index contributed by atoms with van der Waals surface area (Å²) in [4.78, 5) is 2.22. The van der Waals surface area contributed by atoms with E-state index in [1.165, 1.54) is 34.7 Å². The molecule has 0 heterocycles. The number of rotatable bonds is 13. The Hall–Kier alpha value is -3.65. The number of nitriles is 1. The third kappa shape index (κ3) is 7.68. The monoisotopic (exact) mass is 478 g/mol. The predicted octanol–water partition coefficient (Wildman–Crippen LogP) is 6.50. The van der Waals surface area contributed by atoms with Gasteiger partial charge in [-0.3, -0.25) is 4.90 Å². The Morgan fingerprint density at radius 1 is 0.722 bits per heavy atom. The number of hydrogen-bond donors (Lipinski definition) is 1. The number of aliphatic hydroxyl groups excluding tert-OH is 1. The molecule has 0 aliphatic rings. The highest BCUT2D eigenvalue weighted by atomic mass is 16.5. The molecule has 4 rings (SSSR count). The van der Waals surface area contributed by atoms with E-state index >= 15 is 0 Å². The summed E-state index contributed by atoms with van der Waals surface area (Å²) in [5.41, 5.74) is 4.40. The van der Waals surface area contributed by atoms with Crippen LogP contribution in [0, 0.1) is 11.3 Å².